The number of aromatic hydroxyl groups is 1. The van der Waals surface area contributed by atoms with Crippen LogP contribution in [0, 0.1) is 17.2 Å². The number of carbonyl (C=O) groups is 1. The summed E-state index contributed by atoms with van der Waals surface area (Å²) < 4.78 is 6.31. The molecule has 37 heavy (non-hydrogen) atoms. The first-order chi connectivity index (χ1) is 17.9. The molecule has 5 aliphatic rings. The predicted molar refractivity (Wildman–Crippen MR) is 133 cm³/mol. The zero-order chi connectivity index (χ0) is 25.5. The monoisotopic (exact) mass is 500 g/mol. The maximum absolute atomic E-state index is 13.6. The van der Waals surface area contributed by atoms with Gasteiger partial charge in [-0.05, 0) is 61.9 Å². The maximum Gasteiger partial charge on any atom is 0.255 e. The standard InChI is InChI=1S/C28H28N4O5/c29-13-17-3-1-2-4-19(17)31-26(35)18-12-28(37-30)21-11-16-7-8-20(33)24-22(16)27(28,25(36-24)23(18)34)9-10-32(21)14-15-5-6-15/h1-4,7-8,15,21,25,33-34H,5-6,9-12,14,30H2,(H,31,35)/t21-,25+,27+,28-/m1/s1. The summed E-state index contributed by atoms with van der Waals surface area (Å²) in [6.07, 6.45) is 2.81. The number of anilines is 1. The summed E-state index contributed by atoms with van der Waals surface area (Å²) in [5, 5.41) is 34.6. The number of nitrogens with one attached hydrogen (secondary N) is 1. The lowest BCUT2D eigenvalue weighted by Crippen LogP contribution is -2.77. The average Bonchev–Trinajstić information content (AvgIpc) is 3.65. The number of carbonyl (C=O) groups excluding carboxylic acids is 1. The molecule has 1 saturated heterocycles. The molecule has 1 spiro atoms. The minimum Gasteiger partial charge on any atom is -0.508 e. The van der Waals surface area contributed by atoms with Crippen LogP contribution in [0.3, 0.4) is 0 Å². The smallest absolute Gasteiger partial charge is 0.255 e. The van der Waals surface area contributed by atoms with Crippen LogP contribution in [0.15, 0.2) is 47.7 Å². The molecular formula is C28H28N4O5. The van der Waals surface area contributed by atoms with E-state index in [1.54, 1.807) is 30.3 Å². The number of benzene rings is 2. The summed E-state index contributed by atoms with van der Waals surface area (Å²) in [4.78, 5) is 22.1. The number of hydrogen-bond donors (Lipinski definition) is 4. The van der Waals surface area contributed by atoms with Crippen molar-refractivity contribution in [1.29, 1.82) is 5.26 Å². The van der Waals surface area contributed by atoms with Crippen molar-refractivity contribution in [3.05, 3.63) is 64.4 Å². The van der Waals surface area contributed by atoms with E-state index in [2.05, 4.69) is 16.3 Å². The fourth-order valence-corrected chi connectivity index (χ4v) is 7.45. The molecule has 0 aromatic heterocycles. The third kappa shape index (κ3) is 2.86. The number of nitrogens with zero attached hydrogens (tertiary/aromatic N) is 2. The lowest BCUT2D eigenvalue weighted by atomic mass is 9.49. The van der Waals surface area contributed by atoms with Crippen molar-refractivity contribution in [2.24, 2.45) is 11.8 Å². The van der Waals surface area contributed by atoms with Crippen LogP contribution >= 0.6 is 0 Å². The van der Waals surface area contributed by atoms with Crippen LogP contribution in [-0.2, 0) is 21.5 Å². The molecule has 9 nitrogen and oxygen atoms in total. The van der Waals surface area contributed by atoms with Crippen LogP contribution in [0.2, 0.25) is 0 Å². The number of rotatable bonds is 5. The first-order valence-electron chi connectivity index (χ1n) is 12.8. The Hall–Kier alpha value is -3.58. The number of aliphatic hydroxyl groups excluding tert-OH is 1. The largest absolute Gasteiger partial charge is 0.508 e. The van der Waals surface area contributed by atoms with Crippen LogP contribution in [0.25, 0.3) is 0 Å². The normalized spacial score (nSPS) is 31.4. The van der Waals surface area contributed by atoms with Gasteiger partial charge in [0.25, 0.3) is 5.91 Å². The van der Waals surface area contributed by atoms with E-state index in [1.807, 2.05) is 6.07 Å². The van der Waals surface area contributed by atoms with Gasteiger partial charge in [0.1, 0.15) is 17.4 Å². The van der Waals surface area contributed by atoms with Crippen molar-refractivity contribution < 1.29 is 24.6 Å². The number of phenolic OH excluding ortho intramolecular Hbond substituents is 1. The number of likely N-dealkylation sites (tertiary alicyclic amines) is 1. The molecule has 2 aromatic rings. The molecule has 0 radical (unpaired) electrons. The van der Waals surface area contributed by atoms with Crippen LogP contribution < -0.4 is 16.0 Å². The van der Waals surface area contributed by atoms with Gasteiger partial charge in [0, 0.05) is 24.6 Å². The number of aliphatic hydroxyl groups is 1. The molecule has 190 valence electrons. The molecule has 9 heteroatoms. The van der Waals surface area contributed by atoms with E-state index in [0.29, 0.717) is 35.8 Å². The van der Waals surface area contributed by atoms with Gasteiger partial charge in [0.15, 0.2) is 17.6 Å². The highest BCUT2D eigenvalue weighted by molar-refractivity contribution is 6.05. The minimum atomic E-state index is -1.05. The number of nitrogens with two attached hydrogens (primary N) is 1. The van der Waals surface area contributed by atoms with Crippen LogP contribution in [0.5, 0.6) is 11.5 Å². The number of piperidine rings is 1. The average molecular weight is 501 g/mol. The molecular weight excluding hydrogens is 472 g/mol. The molecule has 3 aliphatic carbocycles. The van der Waals surface area contributed by atoms with Gasteiger partial charge in [0.2, 0.25) is 0 Å². The van der Waals surface area contributed by atoms with Crippen molar-refractivity contribution in [1.82, 2.24) is 4.90 Å². The Morgan fingerprint density at radius 3 is 2.84 bits per heavy atom. The van der Waals surface area contributed by atoms with Crippen molar-refractivity contribution >= 4 is 11.6 Å². The highest BCUT2D eigenvalue weighted by Crippen LogP contribution is 2.67. The highest BCUT2D eigenvalue weighted by Gasteiger charge is 2.75. The van der Waals surface area contributed by atoms with Gasteiger partial charge in [-0.2, -0.15) is 5.26 Å². The fourth-order valence-electron chi connectivity index (χ4n) is 7.45. The summed E-state index contributed by atoms with van der Waals surface area (Å²) in [6.45, 7) is 1.72. The molecule has 2 aliphatic heterocycles. The lowest BCUT2D eigenvalue weighted by Gasteiger charge is -2.63. The summed E-state index contributed by atoms with van der Waals surface area (Å²) in [5.41, 5.74) is 0.790. The molecule has 4 atom stereocenters. The van der Waals surface area contributed by atoms with Crippen molar-refractivity contribution in [3.8, 4) is 17.6 Å². The van der Waals surface area contributed by atoms with Crippen LogP contribution in [-0.4, -0.2) is 51.9 Å². The van der Waals surface area contributed by atoms with Gasteiger partial charge >= 0.3 is 0 Å². The van der Waals surface area contributed by atoms with E-state index in [0.717, 1.165) is 24.2 Å². The summed E-state index contributed by atoms with van der Waals surface area (Å²) in [7, 11) is 0. The molecule has 2 aromatic carbocycles. The summed E-state index contributed by atoms with van der Waals surface area (Å²) in [5.74, 6) is 6.46. The number of phenols is 1. The zero-order valence-corrected chi connectivity index (χ0v) is 20.2. The number of ether oxygens (including phenoxy) is 1. The van der Waals surface area contributed by atoms with Gasteiger partial charge in [-0.15, -0.1) is 0 Å². The summed E-state index contributed by atoms with van der Waals surface area (Å²) >= 11 is 0. The van der Waals surface area contributed by atoms with Gasteiger partial charge in [-0.25, -0.2) is 5.90 Å². The Morgan fingerprint density at radius 1 is 1.27 bits per heavy atom. The highest BCUT2D eigenvalue weighted by atomic mass is 16.6. The molecule has 5 N–H and O–H groups in total. The zero-order valence-electron chi connectivity index (χ0n) is 20.2. The van der Waals surface area contributed by atoms with Gasteiger partial charge in [0.05, 0.1) is 22.2 Å². The third-order valence-corrected chi connectivity index (χ3v) is 9.26. The molecule has 1 saturated carbocycles. The number of nitriles is 1. The van der Waals surface area contributed by atoms with Crippen molar-refractivity contribution in [2.75, 3.05) is 18.4 Å². The maximum atomic E-state index is 13.6. The second-order valence-corrected chi connectivity index (χ2v) is 11.0. The quantitative estimate of drug-likeness (QED) is 0.460. The number of para-hydroxylation sites is 1. The van der Waals surface area contributed by atoms with E-state index in [1.165, 1.54) is 12.8 Å². The summed E-state index contributed by atoms with van der Waals surface area (Å²) in [6, 6.07) is 12.2. The van der Waals surface area contributed by atoms with E-state index < -0.39 is 23.0 Å². The molecule has 2 fully saturated rings. The topological polar surface area (TPSA) is 141 Å². The molecule has 1 amide bonds. The third-order valence-electron chi connectivity index (χ3n) is 9.26. The van der Waals surface area contributed by atoms with Gasteiger partial charge < -0.3 is 20.3 Å². The second kappa shape index (κ2) is 7.71. The fraction of sp³-hybridized carbons (Fsp3) is 0.429. The Balaban J connectivity index is 1.38. The van der Waals surface area contributed by atoms with Gasteiger partial charge in [-0.3, -0.25) is 14.5 Å². The molecule has 7 rings (SSSR count). The Morgan fingerprint density at radius 2 is 2.08 bits per heavy atom. The first-order valence-corrected chi connectivity index (χ1v) is 12.8. The van der Waals surface area contributed by atoms with E-state index in [4.69, 9.17) is 15.5 Å². The van der Waals surface area contributed by atoms with E-state index >= 15 is 0 Å². The SMILES string of the molecule is N#Cc1ccccc1NC(=O)C1=C(O)[C@@H]2Oc3c(O)ccc4c3[C@@]23CCN(CC2CC2)[C@H](C4)[C@]3(ON)C1. The van der Waals surface area contributed by atoms with E-state index in [-0.39, 0.29) is 29.5 Å². The van der Waals surface area contributed by atoms with Gasteiger partial charge in [-0.1, -0.05) is 18.2 Å². The van der Waals surface area contributed by atoms with Crippen molar-refractivity contribution in [3.63, 3.8) is 0 Å². The number of amides is 1. The van der Waals surface area contributed by atoms with E-state index in [9.17, 15) is 20.3 Å². The van der Waals surface area contributed by atoms with Crippen LogP contribution in [0.1, 0.15) is 42.4 Å². The second-order valence-electron chi connectivity index (χ2n) is 11.0. The first kappa shape index (κ1) is 22.6. The number of hydrogen-bond acceptors (Lipinski definition) is 8. The molecule has 2 bridgehead atoms. The molecule has 0 unspecified atom stereocenters. The Bertz CT molecular complexity index is 1410. The Labute approximate surface area is 214 Å². The minimum absolute atomic E-state index is 0.00550. The molecule has 2 heterocycles. The lowest BCUT2D eigenvalue weighted by molar-refractivity contribution is -0.205. The van der Waals surface area contributed by atoms with Crippen LogP contribution in [0.4, 0.5) is 5.69 Å². The predicted octanol–water partition coefficient (Wildman–Crippen LogP) is 2.79. The Kier molecular flexibility index (Phi) is 4.71. The van der Waals surface area contributed by atoms with Crippen molar-refractivity contribution in [2.45, 2.75) is 55.3 Å².